The average Bonchev–Trinajstić information content (AvgIpc) is 2.20. The monoisotopic (exact) mass is 259 g/mol. The Bertz CT molecular complexity index is 336. The Morgan fingerprint density at radius 2 is 1.89 bits per heavy atom. The lowest BCUT2D eigenvalue weighted by Gasteiger charge is -2.49. The van der Waals surface area contributed by atoms with E-state index < -0.39 is 23.2 Å². The van der Waals surface area contributed by atoms with Crippen molar-refractivity contribution in [1.82, 2.24) is 4.90 Å². The highest BCUT2D eigenvalue weighted by Gasteiger charge is 2.55. The van der Waals surface area contributed by atoms with Gasteiger partial charge in [-0.15, -0.1) is 0 Å². The van der Waals surface area contributed by atoms with E-state index in [2.05, 4.69) is 0 Å². The summed E-state index contributed by atoms with van der Waals surface area (Å²) in [6, 6.07) is 0. The summed E-state index contributed by atoms with van der Waals surface area (Å²) in [4.78, 5) is 25.2. The topological polar surface area (TPSA) is 65.1 Å². The lowest BCUT2D eigenvalue weighted by Crippen LogP contribution is -2.69. The van der Waals surface area contributed by atoms with Crippen molar-refractivity contribution in [2.75, 3.05) is 27.4 Å². The maximum Gasteiger partial charge on any atom is 0.411 e. The van der Waals surface area contributed by atoms with Crippen molar-refractivity contribution in [2.24, 2.45) is 0 Å². The van der Waals surface area contributed by atoms with E-state index in [4.69, 9.17) is 14.2 Å². The third kappa shape index (κ3) is 2.75. The minimum atomic E-state index is -1.04. The van der Waals surface area contributed by atoms with E-state index in [0.29, 0.717) is 13.0 Å². The van der Waals surface area contributed by atoms with Crippen molar-refractivity contribution in [3.8, 4) is 0 Å². The highest BCUT2D eigenvalue weighted by molar-refractivity contribution is 5.88. The number of carbonyl (C=O) groups excluding carboxylic acids is 2. The molecule has 1 aliphatic heterocycles. The second-order valence-electron chi connectivity index (χ2n) is 5.34. The SMILES string of the molecule is COCC1(C(=O)OC)CCN1C(=O)OC(C)(C)C. The van der Waals surface area contributed by atoms with Gasteiger partial charge < -0.3 is 14.2 Å². The first-order chi connectivity index (χ1) is 8.27. The van der Waals surface area contributed by atoms with Gasteiger partial charge in [-0.2, -0.15) is 0 Å². The van der Waals surface area contributed by atoms with Crippen molar-refractivity contribution in [1.29, 1.82) is 0 Å². The molecule has 1 unspecified atom stereocenters. The third-order valence-electron chi connectivity index (χ3n) is 2.83. The third-order valence-corrected chi connectivity index (χ3v) is 2.83. The second kappa shape index (κ2) is 5.14. The van der Waals surface area contributed by atoms with Gasteiger partial charge in [0.1, 0.15) is 5.60 Å². The first-order valence-electron chi connectivity index (χ1n) is 5.85. The van der Waals surface area contributed by atoms with Crippen LogP contribution in [0.1, 0.15) is 27.2 Å². The van der Waals surface area contributed by atoms with Crippen LogP contribution < -0.4 is 0 Å². The molecular formula is C12H21NO5. The molecule has 1 atom stereocenters. The van der Waals surface area contributed by atoms with Gasteiger partial charge in [-0.05, 0) is 20.8 Å². The molecule has 1 aliphatic rings. The zero-order chi connectivity index (χ0) is 14.0. The predicted molar refractivity (Wildman–Crippen MR) is 64.2 cm³/mol. The highest BCUT2D eigenvalue weighted by Crippen LogP contribution is 2.33. The van der Waals surface area contributed by atoms with Gasteiger partial charge in [0.05, 0.1) is 13.7 Å². The molecule has 6 nitrogen and oxygen atoms in total. The normalized spacial score (nSPS) is 23.3. The highest BCUT2D eigenvalue weighted by atomic mass is 16.6. The number of nitrogens with zero attached hydrogens (tertiary/aromatic N) is 1. The van der Waals surface area contributed by atoms with Crippen LogP contribution in [0.25, 0.3) is 0 Å². The first kappa shape index (κ1) is 14.8. The van der Waals surface area contributed by atoms with Gasteiger partial charge in [0, 0.05) is 20.1 Å². The number of hydrogen-bond donors (Lipinski definition) is 0. The quantitative estimate of drug-likeness (QED) is 0.712. The first-order valence-corrected chi connectivity index (χ1v) is 5.85. The van der Waals surface area contributed by atoms with Gasteiger partial charge in [0.25, 0.3) is 0 Å². The molecule has 0 aromatic rings. The summed E-state index contributed by atoms with van der Waals surface area (Å²) in [5.74, 6) is -0.471. The number of rotatable bonds is 3. The fourth-order valence-corrected chi connectivity index (χ4v) is 1.93. The maximum absolute atomic E-state index is 12.0. The van der Waals surface area contributed by atoms with Crippen LogP contribution in [-0.4, -0.2) is 55.5 Å². The van der Waals surface area contributed by atoms with Crippen molar-refractivity contribution >= 4 is 12.1 Å². The standard InChI is InChI=1S/C12H21NO5/c1-11(2,3)18-10(15)13-7-6-12(13,8-16-4)9(14)17-5/h6-8H2,1-5H3. The number of ether oxygens (including phenoxy) is 3. The van der Waals surface area contributed by atoms with Crippen LogP contribution in [-0.2, 0) is 19.0 Å². The molecule has 104 valence electrons. The molecule has 0 spiro atoms. The van der Waals surface area contributed by atoms with Crippen LogP contribution in [0.2, 0.25) is 0 Å². The molecule has 1 rings (SSSR count). The summed E-state index contributed by atoms with van der Waals surface area (Å²) >= 11 is 0. The lowest BCUT2D eigenvalue weighted by atomic mass is 9.86. The number of esters is 1. The van der Waals surface area contributed by atoms with Crippen LogP contribution in [0.3, 0.4) is 0 Å². The Labute approximate surface area is 107 Å². The molecule has 0 saturated carbocycles. The number of likely N-dealkylation sites (tertiary alicyclic amines) is 1. The minimum Gasteiger partial charge on any atom is -0.467 e. The van der Waals surface area contributed by atoms with E-state index in [0.717, 1.165) is 0 Å². The molecule has 0 radical (unpaired) electrons. The molecule has 1 amide bonds. The van der Waals surface area contributed by atoms with Gasteiger partial charge in [0.15, 0.2) is 5.54 Å². The van der Waals surface area contributed by atoms with E-state index in [1.165, 1.54) is 19.1 Å². The van der Waals surface area contributed by atoms with Crippen LogP contribution in [0.5, 0.6) is 0 Å². The van der Waals surface area contributed by atoms with E-state index in [1.807, 2.05) is 0 Å². The largest absolute Gasteiger partial charge is 0.467 e. The van der Waals surface area contributed by atoms with Crippen molar-refractivity contribution in [3.05, 3.63) is 0 Å². The van der Waals surface area contributed by atoms with Crippen LogP contribution in [0.4, 0.5) is 4.79 Å². The van der Waals surface area contributed by atoms with Crippen molar-refractivity contribution in [2.45, 2.75) is 38.3 Å². The fraction of sp³-hybridized carbons (Fsp3) is 0.833. The lowest BCUT2D eigenvalue weighted by molar-refractivity contribution is -0.169. The Hall–Kier alpha value is -1.30. The summed E-state index contributed by atoms with van der Waals surface area (Å²) in [6.45, 7) is 5.91. The van der Waals surface area contributed by atoms with E-state index >= 15 is 0 Å². The van der Waals surface area contributed by atoms with Gasteiger partial charge >= 0.3 is 12.1 Å². The van der Waals surface area contributed by atoms with Crippen molar-refractivity contribution < 1.29 is 23.8 Å². The fourth-order valence-electron chi connectivity index (χ4n) is 1.93. The summed E-state index contributed by atoms with van der Waals surface area (Å²) < 4.78 is 15.0. The van der Waals surface area contributed by atoms with Gasteiger partial charge in [-0.3, -0.25) is 4.90 Å². The molecule has 0 bridgehead atoms. The zero-order valence-electron chi connectivity index (χ0n) is 11.6. The van der Waals surface area contributed by atoms with Gasteiger partial charge in [0.2, 0.25) is 0 Å². The Kier molecular flexibility index (Phi) is 4.21. The molecule has 0 aromatic carbocycles. The minimum absolute atomic E-state index is 0.110. The van der Waals surface area contributed by atoms with Crippen LogP contribution in [0, 0.1) is 0 Å². The summed E-state index contributed by atoms with van der Waals surface area (Å²) in [5, 5.41) is 0. The zero-order valence-corrected chi connectivity index (χ0v) is 11.6. The number of hydrogen-bond acceptors (Lipinski definition) is 5. The molecule has 6 heteroatoms. The number of carbonyl (C=O) groups is 2. The van der Waals surface area contributed by atoms with Crippen LogP contribution in [0.15, 0.2) is 0 Å². The smallest absolute Gasteiger partial charge is 0.411 e. The summed E-state index contributed by atoms with van der Waals surface area (Å²) in [5.41, 5.74) is -1.63. The Morgan fingerprint density at radius 1 is 1.28 bits per heavy atom. The molecular weight excluding hydrogens is 238 g/mol. The average molecular weight is 259 g/mol. The van der Waals surface area contributed by atoms with Crippen LogP contribution >= 0.6 is 0 Å². The molecule has 1 heterocycles. The summed E-state index contributed by atoms with van der Waals surface area (Å²) in [6.07, 6.45) is 0.00318. The maximum atomic E-state index is 12.0. The molecule has 0 N–H and O–H groups in total. The van der Waals surface area contributed by atoms with Crippen molar-refractivity contribution in [3.63, 3.8) is 0 Å². The molecule has 1 fully saturated rings. The molecule has 18 heavy (non-hydrogen) atoms. The predicted octanol–water partition coefficient (Wildman–Crippen LogP) is 1.19. The Morgan fingerprint density at radius 3 is 2.22 bits per heavy atom. The van der Waals surface area contributed by atoms with Gasteiger partial charge in [-0.25, -0.2) is 9.59 Å². The summed E-state index contributed by atoms with van der Waals surface area (Å²) in [7, 11) is 2.78. The Balaban J connectivity index is 2.82. The van der Waals surface area contributed by atoms with E-state index in [1.54, 1.807) is 20.8 Å². The molecule has 0 aliphatic carbocycles. The van der Waals surface area contributed by atoms with E-state index in [9.17, 15) is 9.59 Å². The second-order valence-corrected chi connectivity index (χ2v) is 5.34. The molecule has 1 saturated heterocycles. The molecule has 0 aromatic heterocycles. The van der Waals surface area contributed by atoms with E-state index in [-0.39, 0.29) is 6.61 Å². The number of amides is 1. The number of methoxy groups -OCH3 is 2. The van der Waals surface area contributed by atoms with Gasteiger partial charge in [-0.1, -0.05) is 0 Å².